The van der Waals surface area contributed by atoms with Gasteiger partial charge in [0, 0.05) is 10.6 Å². The number of nitrogens with two attached hydrogens (primary N) is 1. The Hall–Kier alpha value is -1.98. The van der Waals surface area contributed by atoms with Crippen molar-refractivity contribution in [2.45, 2.75) is 23.5 Å². The number of thioether (sulfide) groups is 1. The average Bonchev–Trinajstić information content (AvgIpc) is 2.52. The summed E-state index contributed by atoms with van der Waals surface area (Å²) in [6.45, 7) is 1.82. The van der Waals surface area contributed by atoms with E-state index in [0.717, 1.165) is 21.8 Å². The maximum atomic E-state index is 11.5. The Morgan fingerprint density at radius 2 is 2.00 bits per heavy atom. The molecule has 0 fully saturated rings. The van der Waals surface area contributed by atoms with E-state index in [1.807, 2.05) is 43.3 Å². The van der Waals surface area contributed by atoms with Crippen LogP contribution in [0.5, 0.6) is 5.75 Å². The van der Waals surface area contributed by atoms with Crippen molar-refractivity contribution in [1.82, 2.24) is 5.43 Å². The molecule has 0 aliphatic carbocycles. The van der Waals surface area contributed by atoms with E-state index in [1.165, 1.54) is 0 Å². The van der Waals surface area contributed by atoms with Crippen LogP contribution in [0.1, 0.15) is 24.0 Å². The molecule has 0 aromatic heterocycles. The van der Waals surface area contributed by atoms with Crippen molar-refractivity contribution in [3.8, 4) is 5.75 Å². The van der Waals surface area contributed by atoms with Crippen LogP contribution in [0.3, 0.4) is 0 Å². The van der Waals surface area contributed by atoms with Crippen molar-refractivity contribution in [2.75, 3.05) is 0 Å². The number of rotatable bonds is 5. The topological polar surface area (TPSA) is 75.4 Å². The zero-order valence-corrected chi connectivity index (χ0v) is 12.6. The van der Waals surface area contributed by atoms with Crippen LogP contribution in [-0.2, 0) is 10.5 Å². The third-order valence-corrected chi connectivity index (χ3v) is 4.30. The van der Waals surface area contributed by atoms with Crippen molar-refractivity contribution in [2.24, 2.45) is 5.84 Å². The second kappa shape index (κ2) is 7.15. The molecular formula is C16H18N2O2S. The molecule has 110 valence electrons. The summed E-state index contributed by atoms with van der Waals surface area (Å²) >= 11 is 1.65. The number of amides is 1. The lowest BCUT2D eigenvalue weighted by atomic mass is 9.99. The van der Waals surface area contributed by atoms with Crippen LogP contribution in [0.15, 0.2) is 53.4 Å². The highest BCUT2D eigenvalue weighted by atomic mass is 32.2. The molecule has 21 heavy (non-hydrogen) atoms. The number of hydrogen-bond donors (Lipinski definition) is 3. The van der Waals surface area contributed by atoms with E-state index in [2.05, 4.69) is 5.43 Å². The molecule has 2 aromatic carbocycles. The van der Waals surface area contributed by atoms with Gasteiger partial charge >= 0.3 is 0 Å². The van der Waals surface area contributed by atoms with Crippen molar-refractivity contribution >= 4 is 17.7 Å². The molecule has 5 heteroatoms. The van der Waals surface area contributed by atoms with Crippen LogP contribution < -0.4 is 11.3 Å². The molecule has 1 atom stereocenters. The third kappa shape index (κ3) is 4.24. The minimum Gasteiger partial charge on any atom is -0.508 e. The van der Waals surface area contributed by atoms with Gasteiger partial charge in [-0.05, 0) is 36.2 Å². The average molecular weight is 302 g/mol. The lowest BCUT2D eigenvalue weighted by molar-refractivity contribution is -0.122. The number of benzene rings is 2. The van der Waals surface area contributed by atoms with E-state index >= 15 is 0 Å². The fourth-order valence-electron chi connectivity index (χ4n) is 1.92. The third-order valence-electron chi connectivity index (χ3n) is 3.24. The lowest BCUT2D eigenvalue weighted by Crippen LogP contribution is -2.33. The van der Waals surface area contributed by atoms with Gasteiger partial charge in [0.2, 0.25) is 5.91 Å². The van der Waals surface area contributed by atoms with Gasteiger partial charge in [-0.1, -0.05) is 30.3 Å². The van der Waals surface area contributed by atoms with Gasteiger partial charge in [-0.3, -0.25) is 10.2 Å². The monoisotopic (exact) mass is 302 g/mol. The van der Waals surface area contributed by atoms with Crippen LogP contribution in [0.25, 0.3) is 0 Å². The molecule has 4 nitrogen and oxygen atoms in total. The SMILES string of the molecule is CC(C(=O)NN)c1ccc(CSc2cccc(O)c2)cc1. The first-order chi connectivity index (χ1) is 10.1. The Bertz CT molecular complexity index is 614. The summed E-state index contributed by atoms with van der Waals surface area (Å²) in [5.41, 5.74) is 4.26. The number of phenols is 1. The molecule has 0 heterocycles. The first kappa shape index (κ1) is 15.4. The molecule has 1 unspecified atom stereocenters. The van der Waals surface area contributed by atoms with Crippen LogP contribution in [0.2, 0.25) is 0 Å². The van der Waals surface area contributed by atoms with Gasteiger partial charge < -0.3 is 5.11 Å². The summed E-state index contributed by atoms with van der Waals surface area (Å²) in [5, 5.41) is 9.42. The molecular weight excluding hydrogens is 284 g/mol. The van der Waals surface area contributed by atoms with E-state index in [4.69, 9.17) is 5.84 Å². The Kier molecular flexibility index (Phi) is 5.25. The Labute approximate surface area is 128 Å². The maximum absolute atomic E-state index is 11.5. The van der Waals surface area contributed by atoms with Crippen molar-refractivity contribution in [3.63, 3.8) is 0 Å². The van der Waals surface area contributed by atoms with Gasteiger partial charge in [-0.25, -0.2) is 5.84 Å². The predicted molar refractivity (Wildman–Crippen MR) is 84.9 cm³/mol. The second-order valence-electron chi connectivity index (χ2n) is 4.76. The van der Waals surface area contributed by atoms with Gasteiger partial charge in [-0.2, -0.15) is 0 Å². The quantitative estimate of drug-likeness (QED) is 0.343. The molecule has 0 saturated heterocycles. The molecule has 0 saturated carbocycles. The number of hydrazine groups is 1. The summed E-state index contributed by atoms with van der Waals surface area (Å²) in [5.74, 6) is 5.76. The lowest BCUT2D eigenvalue weighted by Gasteiger charge is -2.10. The smallest absolute Gasteiger partial charge is 0.241 e. The van der Waals surface area contributed by atoms with Crippen LogP contribution >= 0.6 is 11.8 Å². The molecule has 2 aromatic rings. The van der Waals surface area contributed by atoms with E-state index in [1.54, 1.807) is 23.9 Å². The maximum Gasteiger partial charge on any atom is 0.241 e. The van der Waals surface area contributed by atoms with E-state index < -0.39 is 0 Å². The van der Waals surface area contributed by atoms with Gasteiger partial charge in [0.1, 0.15) is 5.75 Å². The highest BCUT2D eigenvalue weighted by Crippen LogP contribution is 2.26. The Morgan fingerprint density at radius 1 is 1.29 bits per heavy atom. The zero-order chi connectivity index (χ0) is 15.2. The van der Waals surface area contributed by atoms with Crippen molar-refractivity contribution in [1.29, 1.82) is 0 Å². The Balaban J connectivity index is 1.98. The summed E-state index contributed by atoms with van der Waals surface area (Å²) < 4.78 is 0. The fraction of sp³-hybridized carbons (Fsp3) is 0.188. The van der Waals surface area contributed by atoms with Crippen LogP contribution in [-0.4, -0.2) is 11.0 Å². The standard InChI is InChI=1S/C16H18N2O2S/c1-11(16(20)18-17)13-7-5-12(6-8-13)10-21-15-4-2-3-14(19)9-15/h2-9,11,19H,10,17H2,1H3,(H,18,20). The van der Waals surface area contributed by atoms with Crippen molar-refractivity contribution < 1.29 is 9.90 Å². The number of phenolic OH excluding ortho intramolecular Hbond substituents is 1. The zero-order valence-electron chi connectivity index (χ0n) is 11.7. The van der Waals surface area contributed by atoms with Gasteiger partial charge in [0.25, 0.3) is 0 Å². The fourth-order valence-corrected chi connectivity index (χ4v) is 2.82. The first-order valence-electron chi connectivity index (χ1n) is 6.61. The highest BCUT2D eigenvalue weighted by Gasteiger charge is 2.13. The van der Waals surface area contributed by atoms with E-state index in [0.29, 0.717) is 0 Å². The van der Waals surface area contributed by atoms with Gasteiger partial charge in [-0.15, -0.1) is 11.8 Å². The normalized spacial score (nSPS) is 11.9. The molecule has 0 aliphatic rings. The molecule has 0 radical (unpaired) electrons. The largest absolute Gasteiger partial charge is 0.508 e. The number of carbonyl (C=O) groups excluding carboxylic acids is 1. The minimum atomic E-state index is -0.261. The summed E-state index contributed by atoms with van der Waals surface area (Å²) in [6, 6.07) is 15.1. The number of aromatic hydroxyl groups is 1. The highest BCUT2D eigenvalue weighted by molar-refractivity contribution is 7.98. The van der Waals surface area contributed by atoms with Crippen molar-refractivity contribution in [3.05, 3.63) is 59.7 Å². The molecule has 0 spiro atoms. The van der Waals surface area contributed by atoms with Crippen LogP contribution in [0.4, 0.5) is 0 Å². The van der Waals surface area contributed by atoms with Gasteiger partial charge in [0.15, 0.2) is 0 Å². The molecule has 2 rings (SSSR count). The number of hydrogen-bond acceptors (Lipinski definition) is 4. The molecule has 1 amide bonds. The predicted octanol–water partition coefficient (Wildman–Crippen LogP) is 2.78. The minimum absolute atomic E-state index is 0.197. The second-order valence-corrected chi connectivity index (χ2v) is 5.81. The van der Waals surface area contributed by atoms with E-state index in [9.17, 15) is 9.90 Å². The summed E-state index contributed by atoms with van der Waals surface area (Å²) in [7, 11) is 0. The van der Waals surface area contributed by atoms with E-state index in [-0.39, 0.29) is 17.6 Å². The van der Waals surface area contributed by atoms with Crippen LogP contribution in [0, 0.1) is 0 Å². The Morgan fingerprint density at radius 3 is 2.62 bits per heavy atom. The number of carbonyl (C=O) groups is 1. The molecule has 0 bridgehead atoms. The number of nitrogens with one attached hydrogen (secondary N) is 1. The van der Waals surface area contributed by atoms with Gasteiger partial charge in [0.05, 0.1) is 5.92 Å². The first-order valence-corrected chi connectivity index (χ1v) is 7.60. The summed E-state index contributed by atoms with van der Waals surface area (Å²) in [4.78, 5) is 12.5. The summed E-state index contributed by atoms with van der Waals surface area (Å²) in [6.07, 6.45) is 0. The molecule has 4 N–H and O–H groups in total. The molecule has 0 aliphatic heterocycles.